The number of allylic oxidation sites excluding steroid dienone is 2. The lowest BCUT2D eigenvalue weighted by Crippen LogP contribution is -2.25. The van der Waals surface area contributed by atoms with Crippen molar-refractivity contribution in [2.75, 3.05) is 0 Å². The van der Waals surface area contributed by atoms with Crippen LogP contribution in [0.2, 0.25) is 0 Å². The van der Waals surface area contributed by atoms with E-state index in [1.165, 1.54) is 0 Å². The molecule has 1 aromatic heterocycles. The summed E-state index contributed by atoms with van der Waals surface area (Å²) in [5, 5.41) is 49.6. The van der Waals surface area contributed by atoms with Crippen molar-refractivity contribution in [2.45, 2.75) is 0 Å². The van der Waals surface area contributed by atoms with Crippen LogP contribution in [0.5, 0.6) is 0 Å². The van der Waals surface area contributed by atoms with Crippen LogP contribution in [0, 0.1) is 56.7 Å². The minimum absolute atomic E-state index is 0.0120. The van der Waals surface area contributed by atoms with Gasteiger partial charge in [0.05, 0.1) is 33.3 Å². The maximum Gasteiger partial charge on any atom is 0.182 e. The number of nitriles is 5. The minimum atomic E-state index is -0.294. The number of benzene rings is 3. The third-order valence-electron chi connectivity index (χ3n) is 6.20. The van der Waals surface area contributed by atoms with Gasteiger partial charge in [0.15, 0.2) is 34.7 Å². The smallest absolute Gasteiger partial charge is 0.182 e. The van der Waals surface area contributed by atoms with E-state index in [9.17, 15) is 26.3 Å². The first kappa shape index (κ1) is 25.1. The van der Waals surface area contributed by atoms with E-state index in [0.717, 1.165) is 0 Å². The van der Waals surface area contributed by atoms with Crippen LogP contribution in [0.1, 0.15) is 17.0 Å². The Kier molecular flexibility index (Phi) is 6.08. The number of fused-ring (bicyclic) bond motifs is 2. The summed E-state index contributed by atoms with van der Waals surface area (Å²) in [6.45, 7) is 0. The molecule has 0 amide bonds. The molecular weight excluding hydrogens is 528 g/mol. The van der Waals surface area contributed by atoms with Gasteiger partial charge in [-0.3, -0.25) is 0 Å². The Balaban J connectivity index is 1.62. The molecule has 0 saturated carbocycles. The van der Waals surface area contributed by atoms with E-state index in [4.69, 9.17) is 0 Å². The molecule has 4 aromatic rings. The van der Waals surface area contributed by atoms with Gasteiger partial charge in [-0.25, -0.2) is 34.9 Å². The van der Waals surface area contributed by atoms with E-state index in [2.05, 4.69) is 53.1 Å². The lowest BCUT2D eigenvalue weighted by atomic mass is 10.1. The zero-order valence-electron chi connectivity index (χ0n) is 21.1. The van der Waals surface area contributed by atoms with Crippen molar-refractivity contribution in [1.29, 1.82) is 26.3 Å². The van der Waals surface area contributed by atoms with Crippen LogP contribution in [0.3, 0.4) is 0 Å². The van der Waals surface area contributed by atoms with Crippen LogP contribution in [0.15, 0.2) is 97.8 Å². The lowest BCUT2D eigenvalue weighted by molar-refractivity contribution is 1.03. The average molecular weight is 538 g/mol. The molecule has 0 radical (unpaired) electrons. The van der Waals surface area contributed by atoms with Crippen molar-refractivity contribution in [3.05, 3.63) is 116 Å². The molecule has 0 saturated heterocycles. The lowest BCUT2D eigenvalue weighted by Gasteiger charge is -2.09. The molecule has 42 heavy (non-hydrogen) atoms. The Labute approximate surface area is 236 Å². The molecule has 0 bridgehead atoms. The second-order valence-corrected chi connectivity index (χ2v) is 8.63. The molecule has 12 heteroatoms. The zero-order chi connectivity index (χ0) is 29.2. The molecule has 0 atom stereocenters. The van der Waals surface area contributed by atoms with Crippen molar-refractivity contribution in [2.24, 2.45) is 20.0 Å². The number of nitrogens with zero attached hydrogens (tertiary/aromatic N) is 12. The fourth-order valence-corrected chi connectivity index (χ4v) is 4.21. The third kappa shape index (κ3) is 4.21. The Morgan fingerprint density at radius 2 is 1.24 bits per heavy atom. The number of aromatic nitrogens is 3. The van der Waals surface area contributed by atoms with E-state index < -0.39 is 0 Å². The standard InChI is InChI=1S/C30H10N12/c31-11-16-5-7-17(8-6-16)26-40-28(19-9-10-24-25(20(19)14-34)39-27(38-24)18(12-32)13-33)42-30(41-26)21(15-35)29-36-22-3-1-2-4-23(22)37-29/h1-10H. The summed E-state index contributed by atoms with van der Waals surface area (Å²) in [5.41, 5.74) is 0.972. The molecule has 0 fully saturated rings. The summed E-state index contributed by atoms with van der Waals surface area (Å²) in [5.74, 6) is 0.223. The highest BCUT2D eigenvalue weighted by molar-refractivity contribution is 5.78. The number of para-hydroxylation sites is 2. The highest BCUT2D eigenvalue weighted by Gasteiger charge is 2.22. The number of rotatable bonds is 3. The molecule has 12 nitrogen and oxygen atoms in total. The number of hydrogen-bond donors (Lipinski definition) is 0. The van der Waals surface area contributed by atoms with Gasteiger partial charge in [-0.15, -0.1) is 0 Å². The van der Waals surface area contributed by atoms with E-state index in [0.29, 0.717) is 27.2 Å². The van der Waals surface area contributed by atoms with Crippen molar-refractivity contribution >= 4 is 5.57 Å². The Bertz CT molecular complexity index is 2350. The topological polar surface area (TPSA) is 207 Å². The number of hydrogen-bond acceptors (Lipinski definition) is 12. The third-order valence-corrected chi connectivity index (χ3v) is 6.20. The molecule has 3 aromatic carbocycles. The molecule has 0 N–H and O–H groups in total. The van der Waals surface area contributed by atoms with Gasteiger partial charge in [-0.1, -0.05) is 12.1 Å². The first-order valence-corrected chi connectivity index (χ1v) is 12.1. The predicted octanol–water partition coefficient (Wildman–Crippen LogP) is 1.61. The van der Waals surface area contributed by atoms with Crippen LogP contribution in [0.4, 0.5) is 0 Å². The van der Waals surface area contributed by atoms with Gasteiger partial charge in [-0.05, 0) is 48.5 Å². The van der Waals surface area contributed by atoms with Gasteiger partial charge in [0.1, 0.15) is 35.2 Å². The van der Waals surface area contributed by atoms with E-state index in [-0.39, 0.29) is 56.7 Å². The van der Waals surface area contributed by atoms with Crippen LogP contribution in [0.25, 0.3) is 28.3 Å². The summed E-state index contributed by atoms with van der Waals surface area (Å²) < 4.78 is 0. The Hall–Kier alpha value is -7.20. The van der Waals surface area contributed by atoms with Crippen molar-refractivity contribution < 1.29 is 0 Å². The van der Waals surface area contributed by atoms with Gasteiger partial charge < -0.3 is 0 Å². The Morgan fingerprint density at radius 1 is 0.571 bits per heavy atom. The van der Waals surface area contributed by atoms with Crippen LogP contribution in [-0.2, 0) is 0 Å². The Morgan fingerprint density at radius 3 is 1.86 bits per heavy atom. The first-order chi connectivity index (χ1) is 20.6. The van der Waals surface area contributed by atoms with Crippen LogP contribution >= 0.6 is 0 Å². The monoisotopic (exact) mass is 538 g/mol. The average Bonchev–Trinajstić information content (AvgIpc) is 3.66. The molecule has 0 spiro atoms. The fourth-order valence-electron chi connectivity index (χ4n) is 4.21. The summed E-state index contributed by atoms with van der Waals surface area (Å²) in [4.78, 5) is 31.1. The molecule has 2 aliphatic heterocycles. The van der Waals surface area contributed by atoms with E-state index in [1.807, 2.05) is 12.1 Å². The normalized spacial score (nSPS) is 11.9. The molecule has 190 valence electrons. The highest BCUT2D eigenvalue weighted by atomic mass is 15.1. The molecule has 2 aliphatic rings. The van der Waals surface area contributed by atoms with Gasteiger partial charge in [0.25, 0.3) is 0 Å². The molecule has 0 unspecified atom stereocenters. The van der Waals surface area contributed by atoms with E-state index in [1.54, 1.807) is 60.7 Å². The van der Waals surface area contributed by atoms with Crippen LogP contribution < -0.4 is 21.4 Å². The second-order valence-electron chi connectivity index (χ2n) is 8.63. The molecule has 0 aliphatic carbocycles. The predicted molar refractivity (Wildman–Crippen MR) is 142 cm³/mol. The van der Waals surface area contributed by atoms with Crippen molar-refractivity contribution in [3.8, 4) is 53.1 Å². The van der Waals surface area contributed by atoms with Gasteiger partial charge in [0.2, 0.25) is 0 Å². The molecular formula is C30H10N12. The first-order valence-electron chi connectivity index (χ1n) is 12.1. The maximum atomic E-state index is 10.2. The largest absolute Gasteiger partial charge is 0.226 e. The van der Waals surface area contributed by atoms with Crippen molar-refractivity contribution in [1.82, 2.24) is 15.0 Å². The molecule has 6 rings (SSSR count). The fraction of sp³-hybridized carbons (Fsp3) is 0. The maximum absolute atomic E-state index is 10.2. The quantitative estimate of drug-likeness (QED) is 0.349. The highest BCUT2D eigenvalue weighted by Crippen LogP contribution is 2.26. The zero-order valence-corrected chi connectivity index (χ0v) is 21.1. The molecule has 3 heterocycles. The van der Waals surface area contributed by atoms with Crippen LogP contribution in [-0.4, -0.2) is 15.0 Å². The second kappa shape index (κ2) is 10.2. The van der Waals surface area contributed by atoms with Gasteiger partial charge in [0, 0.05) is 11.1 Å². The van der Waals surface area contributed by atoms with Gasteiger partial charge in [-0.2, -0.15) is 26.3 Å². The summed E-state index contributed by atoms with van der Waals surface area (Å²) in [6, 6.07) is 26.6. The SMILES string of the molecule is N#CC(C#N)=C1N=c2ccc(-c3nc(C(C#N)=C4N=c5ccccc5=N4)nc(-c4ccc(C#N)cc4)n3)c(C#N)c2=N1. The van der Waals surface area contributed by atoms with Gasteiger partial charge >= 0.3 is 0 Å². The van der Waals surface area contributed by atoms with Crippen molar-refractivity contribution in [3.63, 3.8) is 0 Å². The summed E-state index contributed by atoms with van der Waals surface area (Å²) in [6.07, 6.45) is 0. The summed E-state index contributed by atoms with van der Waals surface area (Å²) in [7, 11) is 0. The minimum Gasteiger partial charge on any atom is -0.226 e. The summed E-state index contributed by atoms with van der Waals surface area (Å²) >= 11 is 0. The van der Waals surface area contributed by atoms with E-state index >= 15 is 0 Å².